The fourth-order valence-electron chi connectivity index (χ4n) is 1.05. The third kappa shape index (κ3) is 2.33. The van der Waals surface area contributed by atoms with Crippen molar-refractivity contribution in [3.63, 3.8) is 0 Å². The van der Waals surface area contributed by atoms with Gasteiger partial charge in [0.25, 0.3) is 0 Å². The first kappa shape index (κ1) is 8.24. The van der Waals surface area contributed by atoms with E-state index < -0.39 is 0 Å². The third-order valence-electron chi connectivity index (χ3n) is 1.71. The maximum atomic E-state index is 5.83. The van der Waals surface area contributed by atoms with Gasteiger partial charge in [0.1, 0.15) is 0 Å². The average Bonchev–Trinajstić information content (AvgIpc) is 2.07. The van der Waals surface area contributed by atoms with Gasteiger partial charge in [-0.05, 0) is 18.5 Å². The third-order valence-corrected chi connectivity index (χ3v) is 1.71. The predicted octanol–water partition coefficient (Wildman–Crippen LogP) is 1.04. The molecule has 2 nitrogen and oxygen atoms in total. The minimum atomic E-state index is 0.0983. The van der Waals surface area contributed by atoms with E-state index in [1.807, 2.05) is 30.3 Å². The molecular weight excluding hydrogens is 136 g/mol. The van der Waals surface area contributed by atoms with E-state index in [0.717, 1.165) is 12.0 Å². The molecule has 0 saturated heterocycles. The topological polar surface area (TPSA) is 52.0 Å². The van der Waals surface area contributed by atoms with Gasteiger partial charge < -0.3 is 11.5 Å². The highest BCUT2D eigenvalue weighted by Crippen LogP contribution is 2.11. The lowest BCUT2D eigenvalue weighted by Gasteiger charge is -2.09. The van der Waals surface area contributed by atoms with Crippen LogP contribution in [0.15, 0.2) is 30.3 Å². The molecular formula is C9H14N2. The van der Waals surface area contributed by atoms with Gasteiger partial charge in [-0.25, -0.2) is 0 Å². The molecule has 2 heteroatoms. The van der Waals surface area contributed by atoms with Crippen LogP contribution >= 0.6 is 0 Å². The van der Waals surface area contributed by atoms with Gasteiger partial charge in [0.05, 0.1) is 0 Å². The SMILES string of the molecule is NCCC(N)c1ccccc1. The van der Waals surface area contributed by atoms with Gasteiger partial charge in [0.15, 0.2) is 0 Å². The number of rotatable bonds is 3. The number of hydrogen-bond donors (Lipinski definition) is 2. The van der Waals surface area contributed by atoms with Crippen LogP contribution in [0.5, 0.6) is 0 Å². The zero-order chi connectivity index (χ0) is 8.10. The quantitative estimate of drug-likeness (QED) is 0.676. The molecule has 0 aromatic heterocycles. The van der Waals surface area contributed by atoms with E-state index in [1.165, 1.54) is 0 Å². The molecule has 60 valence electrons. The van der Waals surface area contributed by atoms with Crippen LogP contribution in [0.25, 0.3) is 0 Å². The Morgan fingerprint density at radius 2 is 1.82 bits per heavy atom. The van der Waals surface area contributed by atoms with Gasteiger partial charge in [0.2, 0.25) is 0 Å². The smallest absolute Gasteiger partial charge is 0.0306 e. The number of benzene rings is 1. The first-order valence-electron chi connectivity index (χ1n) is 3.85. The maximum Gasteiger partial charge on any atom is 0.0306 e. The summed E-state index contributed by atoms with van der Waals surface area (Å²) < 4.78 is 0. The molecule has 1 unspecified atom stereocenters. The van der Waals surface area contributed by atoms with Crippen molar-refractivity contribution >= 4 is 0 Å². The Hall–Kier alpha value is -0.860. The first-order valence-corrected chi connectivity index (χ1v) is 3.85. The predicted molar refractivity (Wildman–Crippen MR) is 47.0 cm³/mol. The van der Waals surface area contributed by atoms with E-state index >= 15 is 0 Å². The summed E-state index contributed by atoms with van der Waals surface area (Å²) in [6, 6.07) is 10.1. The Morgan fingerprint density at radius 3 is 2.36 bits per heavy atom. The second kappa shape index (κ2) is 4.11. The Labute approximate surface area is 67.2 Å². The van der Waals surface area contributed by atoms with Gasteiger partial charge in [-0.2, -0.15) is 0 Å². The molecule has 0 amide bonds. The van der Waals surface area contributed by atoms with Crippen molar-refractivity contribution < 1.29 is 0 Å². The molecule has 4 N–H and O–H groups in total. The van der Waals surface area contributed by atoms with E-state index in [2.05, 4.69) is 0 Å². The summed E-state index contributed by atoms with van der Waals surface area (Å²) in [5, 5.41) is 0. The fourth-order valence-corrected chi connectivity index (χ4v) is 1.05. The van der Waals surface area contributed by atoms with Gasteiger partial charge >= 0.3 is 0 Å². The lowest BCUT2D eigenvalue weighted by molar-refractivity contribution is 0.661. The number of nitrogens with two attached hydrogens (primary N) is 2. The van der Waals surface area contributed by atoms with Crippen LogP contribution in [0.4, 0.5) is 0 Å². The number of hydrogen-bond acceptors (Lipinski definition) is 2. The molecule has 0 radical (unpaired) electrons. The molecule has 0 fully saturated rings. The second-order valence-electron chi connectivity index (χ2n) is 2.59. The van der Waals surface area contributed by atoms with E-state index in [1.54, 1.807) is 0 Å². The minimum Gasteiger partial charge on any atom is -0.330 e. The van der Waals surface area contributed by atoms with Crippen molar-refractivity contribution in [3.05, 3.63) is 35.9 Å². The standard InChI is InChI=1S/C9H14N2/c10-7-6-9(11)8-4-2-1-3-5-8/h1-5,9H,6-7,10-11H2. The zero-order valence-electron chi connectivity index (χ0n) is 6.53. The summed E-state index contributed by atoms with van der Waals surface area (Å²) in [5.41, 5.74) is 12.4. The summed E-state index contributed by atoms with van der Waals surface area (Å²) in [4.78, 5) is 0. The molecule has 0 aliphatic rings. The molecule has 0 aliphatic heterocycles. The Bertz CT molecular complexity index is 196. The van der Waals surface area contributed by atoms with Crippen LogP contribution in [0, 0.1) is 0 Å². The summed E-state index contributed by atoms with van der Waals surface area (Å²) in [7, 11) is 0. The van der Waals surface area contributed by atoms with Crippen LogP contribution in [0.1, 0.15) is 18.0 Å². The van der Waals surface area contributed by atoms with Crippen LogP contribution in [0.2, 0.25) is 0 Å². The normalized spacial score (nSPS) is 12.9. The Balaban J connectivity index is 2.61. The molecule has 1 aromatic rings. The fraction of sp³-hybridized carbons (Fsp3) is 0.333. The van der Waals surface area contributed by atoms with E-state index in [-0.39, 0.29) is 6.04 Å². The summed E-state index contributed by atoms with van der Waals surface area (Å²) >= 11 is 0. The van der Waals surface area contributed by atoms with Crippen molar-refractivity contribution in [2.75, 3.05) is 6.54 Å². The van der Waals surface area contributed by atoms with Gasteiger partial charge in [-0.15, -0.1) is 0 Å². The molecule has 0 spiro atoms. The van der Waals surface area contributed by atoms with Crippen molar-refractivity contribution in [1.82, 2.24) is 0 Å². The lowest BCUT2D eigenvalue weighted by Crippen LogP contribution is -2.14. The molecule has 11 heavy (non-hydrogen) atoms. The van der Waals surface area contributed by atoms with Gasteiger partial charge in [0, 0.05) is 6.04 Å². The minimum absolute atomic E-state index is 0.0983. The largest absolute Gasteiger partial charge is 0.330 e. The van der Waals surface area contributed by atoms with Crippen molar-refractivity contribution in [1.29, 1.82) is 0 Å². The molecule has 1 aromatic carbocycles. The average molecular weight is 150 g/mol. The van der Waals surface area contributed by atoms with E-state index in [9.17, 15) is 0 Å². The highest BCUT2D eigenvalue weighted by molar-refractivity contribution is 5.18. The van der Waals surface area contributed by atoms with E-state index in [0.29, 0.717) is 6.54 Å². The maximum absolute atomic E-state index is 5.83. The van der Waals surface area contributed by atoms with Gasteiger partial charge in [-0.1, -0.05) is 30.3 Å². The highest BCUT2D eigenvalue weighted by Gasteiger charge is 2.01. The summed E-state index contributed by atoms with van der Waals surface area (Å²) in [6.45, 7) is 0.649. The molecule has 0 heterocycles. The summed E-state index contributed by atoms with van der Waals surface area (Å²) in [5.74, 6) is 0. The van der Waals surface area contributed by atoms with Gasteiger partial charge in [-0.3, -0.25) is 0 Å². The molecule has 1 rings (SSSR count). The first-order chi connectivity index (χ1) is 5.34. The molecule has 1 atom stereocenters. The van der Waals surface area contributed by atoms with E-state index in [4.69, 9.17) is 11.5 Å². The van der Waals surface area contributed by atoms with Crippen LogP contribution in [0.3, 0.4) is 0 Å². The van der Waals surface area contributed by atoms with Crippen LogP contribution in [-0.4, -0.2) is 6.54 Å². The highest BCUT2D eigenvalue weighted by atomic mass is 14.7. The Kier molecular flexibility index (Phi) is 3.08. The molecule has 0 bridgehead atoms. The Morgan fingerprint density at radius 1 is 1.18 bits per heavy atom. The monoisotopic (exact) mass is 150 g/mol. The molecule has 0 aliphatic carbocycles. The molecule has 0 saturated carbocycles. The lowest BCUT2D eigenvalue weighted by atomic mass is 10.1. The second-order valence-corrected chi connectivity index (χ2v) is 2.59. The van der Waals surface area contributed by atoms with Crippen LogP contribution in [-0.2, 0) is 0 Å². The van der Waals surface area contributed by atoms with Crippen molar-refractivity contribution in [3.8, 4) is 0 Å². The summed E-state index contributed by atoms with van der Waals surface area (Å²) in [6.07, 6.45) is 0.851. The van der Waals surface area contributed by atoms with Crippen LogP contribution < -0.4 is 11.5 Å². The van der Waals surface area contributed by atoms with Crippen molar-refractivity contribution in [2.45, 2.75) is 12.5 Å². The van der Waals surface area contributed by atoms with Crippen molar-refractivity contribution in [2.24, 2.45) is 11.5 Å². The zero-order valence-corrected chi connectivity index (χ0v) is 6.53.